The first-order valence-corrected chi connectivity index (χ1v) is 7.06. The Morgan fingerprint density at radius 3 is 2.82 bits per heavy atom. The third-order valence-electron chi connectivity index (χ3n) is 3.39. The fraction of sp³-hybridized carbons (Fsp3) is 0.615. The average molecular weight is 298 g/mol. The van der Waals surface area contributed by atoms with E-state index in [9.17, 15) is 0 Å². The second-order valence-corrected chi connectivity index (χ2v) is 5.65. The molecule has 1 aliphatic rings. The SMILES string of the molecule is Cc1cc(NCC(C)N2CCCC2)ncc1Br. The van der Waals surface area contributed by atoms with Crippen molar-refractivity contribution in [3.05, 3.63) is 22.3 Å². The van der Waals surface area contributed by atoms with Crippen LogP contribution in [0.3, 0.4) is 0 Å². The van der Waals surface area contributed by atoms with Gasteiger partial charge in [-0.25, -0.2) is 4.98 Å². The molecule has 1 aliphatic heterocycles. The minimum Gasteiger partial charge on any atom is -0.369 e. The number of pyridine rings is 1. The van der Waals surface area contributed by atoms with Crippen LogP contribution in [-0.4, -0.2) is 35.6 Å². The van der Waals surface area contributed by atoms with Gasteiger partial charge in [0, 0.05) is 23.3 Å². The summed E-state index contributed by atoms with van der Waals surface area (Å²) in [6.07, 6.45) is 4.55. The molecule has 1 N–H and O–H groups in total. The second-order valence-electron chi connectivity index (χ2n) is 4.79. The maximum Gasteiger partial charge on any atom is 0.126 e. The van der Waals surface area contributed by atoms with Gasteiger partial charge in [0.15, 0.2) is 0 Å². The van der Waals surface area contributed by atoms with E-state index in [4.69, 9.17) is 0 Å². The molecule has 3 nitrogen and oxygen atoms in total. The lowest BCUT2D eigenvalue weighted by Gasteiger charge is -2.24. The number of aryl methyl sites for hydroxylation is 1. The summed E-state index contributed by atoms with van der Waals surface area (Å²) in [5.41, 5.74) is 1.22. The number of rotatable bonds is 4. The first-order chi connectivity index (χ1) is 8.16. The Kier molecular flexibility index (Phi) is 4.40. The number of nitrogens with one attached hydrogen (secondary N) is 1. The first kappa shape index (κ1) is 12.8. The monoisotopic (exact) mass is 297 g/mol. The molecule has 4 heteroatoms. The van der Waals surface area contributed by atoms with Gasteiger partial charge in [-0.3, -0.25) is 4.90 Å². The Hall–Kier alpha value is -0.610. The largest absolute Gasteiger partial charge is 0.369 e. The summed E-state index contributed by atoms with van der Waals surface area (Å²) >= 11 is 3.46. The summed E-state index contributed by atoms with van der Waals surface area (Å²) in [6, 6.07) is 2.67. The summed E-state index contributed by atoms with van der Waals surface area (Å²) in [6.45, 7) is 7.82. The molecule has 94 valence electrons. The van der Waals surface area contributed by atoms with Gasteiger partial charge >= 0.3 is 0 Å². The Morgan fingerprint density at radius 1 is 1.47 bits per heavy atom. The highest BCUT2D eigenvalue weighted by molar-refractivity contribution is 9.10. The van der Waals surface area contributed by atoms with Crippen LogP contribution in [0, 0.1) is 6.92 Å². The second kappa shape index (κ2) is 5.83. The van der Waals surface area contributed by atoms with Crippen LogP contribution in [0.25, 0.3) is 0 Å². The van der Waals surface area contributed by atoms with E-state index in [1.807, 2.05) is 6.20 Å². The van der Waals surface area contributed by atoms with Crippen molar-refractivity contribution in [2.75, 3.05) is 25.0 Å². The zero-order chi connectivity index (χ0) is 12.3. The first-order valence-electron chi connectivity index (χ1n) is 6.27. The topological polar surface area (TPSA) is 28.2 Å². The Morgan fingerprint density at radius 2 is 2.18 bits per heavy atom. The number of halogens is 1. The molecule has 1 fully saturated rings. The number of hydrogen-bond acceptors (Lipinski definition) is 3. The van der Waals surface area contributed by atoms with E-state index in [0.717, 1.165) is 16.8 Å². The van der Waals surface area contributed by atoms with Crippen molar-refractivity contribution in [2.24, 2.45) is 0 Å². The molecule has 1 aromatic rings. The van der Waals surface area contributed by atoms with Gasteiger partial charge in [0.2, 0.25) is 0 Å². The highest BCUT2D eigenvalue weighted by Crippen LogP contribution is 2.17. The van der Waals surface area contributed by atoms with E-state index in [1.165, 1.54) is 31.5 Å². The highest BCUT2D eigenvalue weighted by Gasteiger charge is 2.17. The van der Waals surface area contributed by atoms with E-state index in [2.05, 4.69) is 51.0 Å². The maximum atomic E-state index is 4.36. The van der Waals surface area contributed by atoms with Gasteiger partial charge in [-0.2, -0.15) is 0 Å². The van der Waals surface area contributed by atoms with Crippen LogP contribution in [0.15, 0.2) is 16.7 Å². The predicted octanol–water partition coefficient (Wildman–Crippen LogP) is 3.05. The van der Waals surface area contributed by atoms with E-state index in [1.54, 1.807) is 0 Å². The van der Waals surface area contributed by atoms with Gasteiger partial charge < -0.3 is 5.32 Å². The fourth-order valence-corrected chi connectivity index (χ4v) is 2.42. The molecule has 1 aromatic heterocycles. The number of likely N-dealkylation sites (tertiary alicyclic amines) is 1. The van der Waals surface area contributed by atoms with Crippen molar-refractivity contribution < 1.29 is 0 Å². The molecule has 2 heterocycles. The molecule has 0 saturated carbocycles. The van der Waals surface area contributed by atoms with Crippen LogP contribution < -0.4 is 5.32 Å². The third-order valence-corrected chi connectivity index (χ3v) is 4.22. The van der Waals surface area contributed by atoms with Crippen molar-refractivity contribution in [2.45, 2.75) is 32.7 Å². The predicted molar refractivity (Wildman–Crippen MR) is 75.4 cm³/mol. The molecule has 1 unspecified atom stereocenters. The number of hydrogen-bond donors (Lipinski definition) is 1. The molecular weight excluding hydrogens is 278 g/mol. The van der Waals surface area contributed by atoms with Crippen LogP contribution in [0.2, 0.25) is 0 Å². The zero-order valence-corrected chi connectivity index (χ0v) is 12.1. The lowest BCUT2D eigenvalue weighted by molar-refractivity contribution is 0.269. The van der Waals surface area contributed by atoms with Crippen LogP contribution in [0.1, 0.15) is 25.3 Å². The van der Waals surface area contributed by atoms with Crippen molar-refractivity contribution >= 4 is 21.7 Å². The molecular formula is C13H20BrN3. The maximum absolute atomic E-state index is 4.36. The normalized spacial score (nSPS) is 18.3. The number of anilines is 1. The van der Waals surface area contributed by atoms with Gasteiger partial charge in [0.1, 0.15) is 5.82 Å². The molecule has 1 saturated heterocycles. The van der Waals surface area contributed by atoms with E-state index in [0.29, 0.717) is 6.04 Å². The number of aromatic nitrogens is 1. The Labute approximate surface area is 112 Å². The van der Waals surface area contributed by atoms with Crippen LogP contribution in [-0.2, 0) is 0 Å². The van der Waals surface area contributed by atoms with Gasteiger partial charge in [0.25, 0.3) is 0 Å². The molecule has 0 amide bonds. The Bertz CT molecular complexity index is 375. The minimum absolute atomic E-state index is 0.586. The van der Waals surface area contributed by atoms with Crippen LogP contribution in [0.5, 0.6) is 0 Å². The minimum atomic E-state index is 0.586. The fourth-order valence-electron chi connectivity index (χ4n) is 2.20. The van der Waals surface area contributed by atoms with Gasteiger partial charge in [-0.05, 0) is 67.3 Å². The lowest BCUT2D eigenvalue weighted by atomic mass is 10.2. The molecule has 0 aliphatic carbocycles. The lowest BCUT2D eigenvalue weighted by Crippen LogP contribution is -2.35. The summed E-state index contributed by atoms with van der Waals surface area (Å²) in [5, 5.41) is 3.42. The third kappa shape index (κ3) is 3.42. The summed E-state index contributed by atoms with van der Waals surface area (Å²) in [7, 11) is 0. The van der Waals surface area contributed by atoms with E-state index in [-0.39, 0.29) is 0 Å². The highest BCUT2D eigenvalue weighted by atomic mass is 79.9. The molecule has 17 heavy (non-hydrogen) atoms. The average Bonchev–Trinajstić information content (AvgIpc) is 2.84. The molecule has 0 aromatic carbocycles. The van der Waals surface area contributed by atoms with Crippen LogP contribution >= 0.6 is 15.9 Å². The molecule has 0 spiro atoms. The van der Waals surface area contributed by atoms with Crippen molar-refractivity contribution in [3.8, 4) is 0 Å². The van der Waals surface area contributed by atoms with Gasteiger partial charge in [-0.15, -0.1) is 0 Å². The Balaban J connectivity index is 1.86. The van der Waals surface area contributed by atoms with Crippen LogP contribution in [0.4, 0.5) is 5.82 Å². The molecule has 1 atom stereocenters. The van der Waals surface area contributed by atoms with Crippen molar-refractivity contribution in [1.82, 2.24) is 9.88 Å². The summed E-state index contributed by atoms with van der Waals surface area (Å²) < 4.78 is 1.07. The summed E-state index contributed by atoms with van der Waals surface area (Å²) in [4.78, 5) is 6.90. The zero-order valence-electron chi connectivity index (χ0n) is 10.5. The smallest absolute Gasteiger partial charge is 0.126 e. The van der Waals surface area contributed by atoms with Crippen molar-refractivity contribution in [3.63, 3.8) is 0 Å². The number of nitrogens with zero attached hydrogens (tertiary/aromatic N) is 2. The van der Waals surface area contributed by atoms with Gasteiger partial charge in [-0.1, -0.05) is 0 Å². The van der Waals surface area contributed by atoms with E-state index < -0.39 is 0 Å². The molecule has 0 radical (unpaired) electrons. The van der Waals surface area contributed by atoms with Crippen molar-refractivity contribution in [1.29, 1.82) is 0 Å². The summed E-state index contributed by atoms with van der Waals surface area (Å²) in [5.74, 6) is 0.969. The van der Waals surface area contributed by atoms with Gasteiger partial charge in [0.05, 0.1) is 0 Å². The quantitative estimate of drug-likeness (QED) is 0.926. The molecule has 2 rings (SSSR count). The van der Waals surface area contributed by atoms with E-state index >= 15 is 0 Å². The molecule has 0 bridgehead atoms. The standard InChI is InChI=1S/C13H20BrN3/c1-10-7-13(16-9-12(10)14)15-8-11(2)17-5-3-4-6-17/h7,9,11H,3-6,8H2,1-2H3,(H,15,16).